The van der Waals surface area contributed by atoms with E-state index in [1.54, 1.807) is 0 Å². The van der Waals surface area contributed by atoms with Crippen LogP contribution in [-0.4, -0.2) is 0 Å². The van der Waals surface area contributed by atoms with Crippen molar-refractivity contribution in [3.63, 3.8) is 0 Å². The van der Waals surface area contributed by atoms with E-state index in [1.807, 2.05) is 11.3 Å². The molecule has 0 N–H and O–H groups in total. The number of fused-ring (bicyclic) bond motifs is 10. The molecule has 0 saturated heterocycles. The van der Waals surface area contributed by atoms with Crippen LogP contribution in [-0.2, 0) is 10.8 Å². The highest BCUT2D eigenvalue weighted by molar-refractivity contribution is 7.27. The molecule has 1 nitrogen and oxygen atoms in total. The fourth-order valence-corrected chi connectivity index (χ4v) is 12.9. The Bertz CT molecular complexity index is 3600. The van der Waals surface area contributed by atoms with Gasteiger partial charge in [0.05, 0.1) is 15.8 Å². The zero-order chi connectivity index (χ0) is 44.0. The van der Waals surface area contributed by atoms with Gasteiger partial charge >= 0.3 is 0 Å². The van der Waals surface area contributed by atoms with Gasteiger partial charge in [-0.1, -0.05) is 214 Å². The maximum atomic E-state index is 2.46. The molecule has 0 unspecified atom stereocenters. The molecule has 2 aliphatic rings. The molecule has 0 atom stereocenters. The topological polar surface area (TPSA) is 3.24 Å². The van der Waals surface area contributed by atoms with Crippen molar-refractivity contribution in [1.82, 2.24) is 0 Å². The third kappa shape index (κ3) is 5.65. The zero-order valence-electron chi connectivity index (χ0n) is 36.9. The fraction of sp³-hybridized carbons (Fsp3) is 0.0625. The molecule has 312 valence electrons. The lowest BCUT2D eigenvalue weighted by atomic mass is 9.68. The highest BCUT2D eigenvalue weighted by Gasteiger charge is 2.47. The van der Waals surface area contributed by atoms with Crippen LogP contribution >= 0.6 is 11.3 Å². The van der Waals surface area contributed by atoms with E-state index in [2.05, 4.69) is 255 Å². The van der Waals surface area contributed by atoms with E-state index in [4.69, 9.17) is 0 Å². The molecule has 13 rings (SSSR count). The minimum absolute atomic E-state index is 0.0553. The highest BCUT2D eigenvalue weighted by atomic mass is 32.1. The van der Waals surface area contributed by atoms with Gasteiger partial charge in [-0.05, 0) is 109 Å². The first-order valence-electron chi connectivity index (χ1n) is 23.0. The van der Waals surface area contributed by atoms with Gasteiger partial charge in [-0.3, -0.25) is 0 Å². The highest BCUT2D eigenvalue weighted by Crippen LogP contribution is 2.60. The minimum atomic E-state index is -0.450. The summed E-state index contributed by atoms with van der Waals surface area (Å²) in [7, 11) is 0. The van der Waals surface area contributed by atoms with Gasteiger partial charge in [-0.15, -0.1) is 11.3 Å². The summed E-state index contributed by atoms with van der Waals surface area (Å²) >= 11 is 1.93. The van der Waals surface area contributed by atoms with Crippen LogP contribution < -0.4 is 4.90 Å². The van der Waals surface area contributed by atoms with Gasteiger partial charge < -0.3 is 4.90 Å². The van der Waals surface area contributed by atoms with Gasteiger partial charge in [0, 0.05) is 37.8 Å². The summed E-state index contributed by atoms with van der Waals surface area (Å²) in [6, 6.07) is 87.9. The molecule has 1 heterocycles. The average molecular weight is 860 g/mol. The van der Waals surface area contributed by atoms with Crippen molar-refractivity contribution >= 4 is 48.6 Å². The van der Waals surface area contributed by atoms with Crippen LogP contribution in [0.25, 0.3) is 64.7 Å². The smallest absolute Gasteiger partial charge is 0.0714 e. The number of thiophene rings is 1. The molecule has 0 saturated carbocycles. The lowest BCUT2D eigenvalue weighted by molar-refractivity contribution is 0.660. The summed E-state index contributed by atoms with van der Waals surface area (Å²) < 4.78 is 2.60. The number of nitrogens with zero attached hydrogens (tertiary/aromatic N) is 1. The van der Waals surface area contributed by atoms with Gasteiger partial charge in [-0.2, -0.15) is 0 Å². The van der Waals surface area contributed by atoms with Gasteiger partial charge in [0.25, 0.3) is 0 Å². The SMILES string of the molecule is CC1(C)c2ccccc2-c2ccc(-c3ccc(N(c4ccc(-c5ccccc5)cc4)c4cccc5c4sc4c6c(ccc45)C(c4ccccc4)(c4ccccc4)c4ccccc4-6)cc3)cc21. The second-order valence-corrected chi connectivity index (χ2v) is 19.4. The molecule has 11 aromatic rings. The maximum absolute atomic E-state index is 2.46. The normalized spacial score (nSPS) is 13.8. The molecular weight excluding hydrogens is 815 g/mol. The summed E-state index contributed by atoms with van der Waals surface area (Å²) in [5.74, 6) is 0. The first-order valence-corrected chi connectivity index (χ1v) is 23.8. The second kappa shape index (κ2) is 14.9. The largest absolute Gasteiger partial charge is 0.309 e. The molecule has 0 amide bonds. The molecule has 0 fully saturated rings. The predicted molar refractivity (Wildman–Crippen MR) is 280 cm³/mol. The fourth-order valence-electron chi connectivity index (χ4n) is 11.5. The Morgan fingerprint density at radius 3 is 1.53 bits per heavy atom. The molecule has 66 heavy (non-hydrogen) atoms. The summed E-state index contributed by atoms with van der Waals surface area (Å²) in [6.07, 6.45) is 0. The molecule has 0 aliphatic heterocycles. The van der Waals surface area contributed by atoms with Crippen molar-refractivity contribution < 1.29 is 0 Å². The maximum Gasteiger partial charge on any atom is 0.0714 e. The molecule has 0 bridgehead atoms. The van der Waals surface area contributed by atoms with Crippen LogP contribution in [0.5, 0.6) is 0 Å². The molecule has 2 aliphatic carbocycles. The quantitative estimate of drug-likeness (QED) is 0.154. The number of anilines is 3. The van der Waals surface area contributed by atoms with Crippen molar-refractivity contribution in [1.29, 1.82) is 0 Å². The molecule has 2 heteroatoms. The average Bonchev–Trinajstić information content (AvgIpc) is 3.99. The summed E-state index contributed by atoms with van der Waals surface area (Å²) in [5, 5.41) is 2.56. The number of hydrogen-bond donors (Lipinski definition) is 0. The summed E-state index contributed by atoms with van der Waals surface area (Å²) in [6.45, 7) is 4.71. The minimum Gasteiger partial charge on any atom is -0.309 e. The van der Waals surface area contributed by atoms with Crippen molar-refractivity contribution in [2.75, 3.05) is 4.90 Å². The Labute approximate surface area is 390 Å². The monoisotopic (exact) mass is 859 g/mol. The third-order valence-corrected chi connectivity index (χ3v) is 15.8. The van der Waals surface area contributed by atoms with E-state index in [-0.39, 0.29) is 5.41 Å². The number of rotatable bonds is 7. The Morgan fingerprint density at radius 1 is 0.348 bits per heavy atom. The van der Waals surface area contributed by atoms with Crippen LogP contribution in [0.4, 0.5) is 17.1 Å². The van der Waals surface area contributed by atoms with Crippen molar-refractivity contribution in [2.45, 2.75) is 24.7 Å². The second-order valence-electron chi connectivity index (χ2n) is 18.4. The Morgan fingerprint density at radius 2 is 0.864 bits per heavy atom. The van der Waals surface area contributed by atoms with E-state index in [0.29, 0.717) is 0 Å². The lowest BCUT2D eigenvalue weighted by Gasteiger charge is -2.33. The first kappa shape index (κ1) is 38.7. The summed E-state index contributed by atoms with van der Waals surface area (Å²) in [5.41, 5.74) is 21.1. The van der Waals surface area contributed by atoms with Crippen LogP contribution in [0.3, 0.4) is 0 Å². The van der Waals surface area contributed by atoms with Crippen LogP contribution in [0.1, 0.15) is 47.2 Å². The van der Waals surface area contributed by atoms with E-state index < -0.39 is 5.41 Å². The van der Waals surface area contributed by atoms with Crippen LogP contribution in [0.2, 0.25) is 0 Å². The molecule has 0 radical (unpaired) electrons. The van der Waals surface area contributed by atoms with E-state index in [1.165, 1.54) is 104 Å². The van der Waals surface area contributed by atoms with Gasteiger partial charge in [0.2, 0.25) is 0 Å². The molecule has 10 aromatic carbocycles. The van der Waals surface area contributed by atoms with Gasteiger partial charge in [0.1, 0.15) is 0 Å². The Balaban J connectivity index is 0.989. The van der Waals surface area contributed by atoms with E-state index in [9.17, 15) is 0 Å². The van der Waals surface area contributed by atoms with Crippen molar-refractivity contribution in [3.8, 4) is 44.5 Å². The van der Waals surface area contributed by atoms with E-state index >= 15 is 0 Å². The van der Waals surface area contributed by atoms with E-state index in [0.717, 1.165) is 11.4 Å². The lowest BCUT2D eigenvalue weighted by Crippen LogP contribution is -2.28. The van der Waals surface area contributed by atoms with Crippen LogP contribution in [0.15, 0.2) is 237 Å². The van der Waals surface area contributed by atoms with Crippen LogP contribution in [0, 0.1) is 0 Å². The molecule has 1 aromatic heterocycles. The first-order chi connectivity index (χ1) is 32.5. The van der Waals surface area contributed by atoms with Crippen molar-refractivity contribution in [3.05, 3.63) is 270 Å². The Hall–Kier alpha value is -7.78. The molecular formula is C64H45NS. The Kier molecular flexibility index (Phi) is 8.72. The zero-order valence-corrected chi connectivity index (χ0v) is 37.7. The molecule has 0 spiro atoms. The standard InChI is InChI=1S/C64H45NS/c1-63(2)55-26-14-12-23-50(55)51-38-33-45(41-58(51)63)44-31-36-49(37-32-44)65(48-34-29-43(30-35-48)42-17-6-3-7-18-42)59-28-16-25-52-53-39-40-57-60(62(53)66-61(52)59)54-24-13-15-27-56(54)64(57,46-19-8-4-9-20-46)47-21-10-5-11-22-47/h3-41H,1-2H3. The predicted octanol–water partition coefficient (Wildman–Crippen LogP) is 17.5. The van der Waals surface area contributed by atoms with Gasteiger partial charge in [0.15, 0.2) is 0 Å². The third-order valence-electron chi connectivity index (χ3n) is 14.6. The number of benzene rings is 10. The van der Waals surface area contributed by atoms with Gasteiger partial charge in [-0.25, -0.2) is 0 Å². The number of hydrogen-bond acceptors (Lipinski definition) is 2. The van der Waals surface area contributed by atoms with Crippen molar-refractivity contribution in [2.24, 2.45) is 0 Å². The summed E-state index contributed by atoms with van der Waals surface area (Å²) in [4.78, 5) is 2.46.